The third-order valence-electron chi connectivity index (χ3n) is 5.40. The molecule has 2 aliphatic rings. The summed E-state index contributed by atoms with van der Waals surface area (Å²) in [5, 5.41) is 3.47. The molecule has 0 bridgehead atoms. The molecule has 0 radical (unpaired) electrons. The molecule has 1 aromatic carbocycles. The van der Waals surface area contributed by atoms with E-state index in [0.717, 1.165) is 30.5 Å². The van der Waals surface area contributed by atoms with Gasteiger partial charge in [0.05, 0.1) is 6.04 Å². The number of halogens is 1. The Bertz CT molecular complexity index is 791. The molecule has 1 saturated carbocycles. The first-order chi connectivity index (χ1) is 12.6. The van der Waals surface area contributed by atoms with E-state index < -0.39 is 0 Å². The van der Waals surface area contributed by atoms with Crippen LogP contribution in [0.5, 0.6) is 0 Å². The standard InChI is InChI=1S/C21H24FN3O/c1-14-9-15(4-7-19(14)22)11-24-13-17-10-20(26)25(18-5-6-18)21(17)16-3-2-8-23-12-16/h2-4,7-9,12,17-18,21,24H,5-6,10-11,13H2,1H3/t17-,21-/m0/s1. The predicted molar refractivity (Wildman–Crippen MR) is 97.8 cm³/mol. The van der Waals surface area contributed by atoms with Crippen LogP contribution in [-0.4, -0.2) is 28.4 Å². The van der Waals surface area contributed by atoms with Crippen molar-refractivity contribution in [2.24, 2.45) is 5.92 Å². The van der Waals surface area contributed by atoms with Crippen LogP contribution in [0.25, 0.3) is 0 Å². The van der Waals surface area contributed by atoms with E-state index in [0.29, 0.717) is 24.6 Å². The van der Waals surface area contributed by atoms with E-state index in [9.17, 15) is 9.18 Å². The van der Waals surface area contributed by atoms with Crippen molar-refractivity contribution in [3.8, 4) is 0 Å². The van der Waals surface area contributed by atoms with Gasteiger partial charge in [-0.15, -0.1) is 0 Å². The number of amides is 1. The first-order valence-corrected chi connectivity index (χ1v) is 9.30. The summed E-state index contributed by atoms with van der Waals surface area (Å²) in [6.45, 7) is 3.21. The first-order valence-electron chi connectivity index (χ1n) is 9.30. The third-order valence-corrected chi connectivity index (χ3v) is 5.40. The predicted octanol–water partition coefficient (Wildman–Crippen LogP) is 3.37. The molecule has 2 aromatic rings. The van der Waals surface area contributed by atoms with Crippen LogP contribution in [0.15, 0.2) is 42.7 Å². The summed E-state index contributed by atoms with van der Waals surface area (Å²) in [7, 11) is 0. The maximum atomic E-state index is 13.4. The lowest BCUT2D eigenvalue weighted by atomic mass is 9.94. The van der Waals surface area contributed by atoms with E-state index in [1.165, 1.54) is 6.07 Å². The third kappa shape index (κ3) is 3.49. The number of likely N-dealkylation sites (tertiary alicyclic amines) is 1. The zero-order valence-electron chi connectivity index (χ0n) is 15.0. The van der Waals surface area contributed by atoms with Gasteiger partial charge in [0.1, 0.15) is 5.82 Å². The van der Waals surface area contributed by atoms with Gasteiger partial charge < -0.3 is 10.2 Å². The first kappa shape index (κ1) is 17.2. The Hall–Kier alpha value is -2.27. The van der Waals surface area contributed by atoms with Crippen molar-refractivity contribution in [3.05, 3.63) is 65.2 Å². The van der Waals surface area contributed by atoms with Crippen molar-refractivity contribution < 1.29 is 9.18 Å². The number of nitrogens with one attached hydrogen (secondary N) is 1. The fraction of sp³-hybridized carbons (Fsp3) is 0.429. The molecule has 1 N–H and O–H groups in total. The SMILES string of the molecule is Cc1cc(CNC[C@@H]2CC(=O)N(C3CC3)[C@H]2c2cccnc2)ccc1F. The molecule has 5 heteroatoms. The molecule has 1 saturated heterocycles. The molecule has 1 aliphatic heterocycles. The highest BCUT2D eigenvalue weighted by molar-refractivity contribution is 5.80. The molecule has 1 aromatic heterocycles. The van der Waals surface area contributed by atoms with Gasteiger partial charge in [0.15, 0.2) is 0 Å². The fourth-order valence-electron chi connectivity index (χ4n) is 3.99. The molecule has 26 heavy (non-hydrogen) atoms. The van der Waals surface area contributed by atoms with E-state index in [2.05, 4.69) is 21.3 Å². The normalized spacial score (nSPS) is 22.8. The topological polar surface area (TPSA) is 45.2 Å². The van der Waals surface area contributed by atoms with Gasteiger partial charge in [0, 0.05) is 43.9 Å². The van der Waals surface area contributed by atoms with Gasteiger partial charge in [-0.05, 0) is 48.6 Å². The number of aromatic nitrogens is 1. The van der Waals surface area contributed by atoms with Gasteiger partial charge in [-0.1, -0.05) is 18.2 Å². The molecule has 1 amide bonds. The number of aryl methyl sites for hydroxylation is 1. The largest absolute Gasteiger partial charge is 0.332 e. The minimum Gasteiger partial charge on any atom is -0.332 e. The molecule has 1 aliphatic carbocycles. The molecule has 4 nitrogen and oxygen atoms in total. The minimum atomic E-state index is -0.174. The smallest absolute Gasteiger partial charge is 0.223 e. The van der Waals surface area contributed by atoms with E-state index in [4.69, 9.17) is 0 Å². The number of carbonyl (C=O) groups excluding carboxylic acids is 1. The summed E-state index contributed by atoms with van der Waals surface area (Å²) in [6.07, 6.45) is 6.45. The van der Waals surface area contributed by atoms with Crippen molar-refractivity contribution >= 4 is 5.91 Å². The van der Waals surface area contributed by atoms with Crippen LogP contribution in [0.4, 0.5) is 4.39 Å². The number of pyridine rings is 1. The van der Waals surface area contributed by atoms with E-state index >= 15 is 0 Å². The summed E-state index contributed by atoms with van der Waals surface area (Å²) in [5.41, 5.74) is 2.84. The van der Waals surface area contributed by atoms with Gasteiger partial charge in [-0.2, -0.15) is 0 Å². The second-order valence-corrected chi connectivity index (χ2v) is 7.44. The maximum absolute atomic E-state index is 13.4. The second-order valence-electron chi connectivity index (χ2n) is 7.44. The van der Waals surface area contributed by atoms with Crippen molar-refractivity contribution in [3.63, 3.8) is 0 Å². The highest BCUT2D eigenvalue weighted by atomic mass is 19.1. The molecular weight excluding hydrogens is 329 g/mol. The summed E-state index contributed by atoms with van der Waals surface area (Å²) in [5.74, 6) is 0.312. The molecule has 4 rings (SSSR count). The molecular formula is C21H24FN3O. The molecule has 0 spiro atoms. The molecule has 2 fully saturated rings. The highest BCUT2D eigenvalue weighted by Crippen LogP contribution is 2.44. The number of nitrogens with zero attached hydrogens (tertiary/aromatic N) is 2. The van der Waals surface area contributed by atoms with Crippen molar-refractivity contribution in [1.82, 2.24) is 15.2 Å². The fourth-order valence-corrected chi connectivity index (χ4v) is 3.99. The average Bonchev–Trinajstić information content (AvgIpc) is 3.42. The van der Waals surface area contributed by atoms with Gasteiger partial charge in [-0.3, -0.25) is 9.78 Å². The van der Waals surface area contributed by atoms with E-state index in [1.54, 1.807) is 13.1 Å². The number of benzene rings is 1. The molecule has 2 heterocycles. The quantitative estimate of drug-likeness (QED) is 0.866. The Labute approximate surface area is 153 Å². The number of rotatable bonds is 6. The van der Waals surface area contributed by atoms with Crippen LogP contribution in [-0.2, 0) is 11.3 Å². The van der Waals surface area contributed by atoms with Crippen molar-refractivity contribution in [2.45, 2.75) is 44.8 Å². The summed E-state index contributed by atoms with van der Waals surface area (Å²) >= 11 is 0. The zero-order valence-corrected chi connectivity index (χ0v) is 15.0. The van der Waals surface area contributed by atoms with Crippen LogP contribution >= 0.6 is 0 Å². The molecule has 0 unspecified atom stereocenters. The summed E-state index contributed by atoms with van der Waals surface area (Å²) in [6, 6.07) is 9.71. The lowest BCUT2D eigenvalue weighted by Gasteiger charge is -2.28. The van der Waals surface area contributed by atoms with Gasteiger partial charge in [0.25, 0.3) is 0 Å². The van der Waals surface area contributed by atoms with Crippen LogP contribution in [0, 0.1) is 18.7 Å². The summed E-state index contributed by atoms with van der Waals surface area (Å²) in [4.78, 5) is 18.9. The Morgan fingerprint density at radius 2 is 2.15 bits per heavy atom. The average molecular weight is 353 g/mol. The maximum Gasteiger partial charge on any atom is 0.223 e. The lowest BCUT2D eigenvalue weighted by Crippen LogP contribution is -2.33. The van der Waals surface area contributed by atoms with Crippen molar-refractivity contribution in [1.29, 1.82) is 0 Å². The second kappa shape index (κ2) is 7.16. The Kier molecular flexibility index (Phi) is 4.72. The monoisotopic (exact) mass is 353 g/mol. The zero-order chi connectivity index (χ0) is 18.1. The van der Waals surface area contributed by atoms with Gasteiger partial charge in [0.2, 0.25) is 5.91 Å². The van der Waals surface area contributed by atoms with Crippen LogP contribution in [0.1, 0.15) is 42.0 Å². The number of hydrogen-bond acceptors (Lipinski definition) is 3. The molecule has 136 valence electrons. The van der Waals surface area contributed by atoms with Crippen LogP contribution < -0.4 is 5.32 Å². The summed E-state index contributed by atoms with van der Waals surface area (Å²) < 4.78 is 13.4. The van der Waals surface area contributed by atoms with E-state index in [-0.39, 0.29) is 23.7 Å². The number of carbonyl (C=O) groups is 1. The lowest BCUT2D eigenvalue weighted by molar-refractivity contribution is -0.129. The van der Waals surface area contributed by atoms with Crippen LogP contribution in [0.2, 0.25) is 0 Å². The Morgan fingerprint density at radius 3 is 2.85 bits per heavy atom. The van der Waals surface area contributed by atoms with E-state index in [1.807, 2.05) is 24.4 Å². The minimum absolute atomic E-state index is 0.103. The number of hydrogen-bond donors (Lipinski definition) is 1. The molecule has 2 atom stereocenters. The Balaban J connectivity index is 1.45. The van der Waals surface area contributed by atoms with Gasteiger partial charge in [-0.25, -0.2) is 4.39 Å². The Morgan fingerprint density at radius 1 is 1.31 bits per heavy atom. The van der Waals surface area contributed by atoms with Crippen molar-refractivity contribution in [2.75, 3.05) is 6.54 Å². The van der Waals surface area contributed by atoms with Crippen LogP contribution in [0.3, 0.4) is 0 Å². The van der Waals surface area contributed by atoms with Gasteiger partial charge >= 0.3 is 0 Å². The highest BCUT2D eigenvalue weighted by Gasteiger charge is 2.46.